The van der Waals surface area contributed by atoms with Crippen LogP contribution in [0.4, 0.5) is 21.6 Å². The van der Waals surface area contributed by atoms with Crippen molar-refractivity contribution in [2.24, 2.45) is 5.41 Å². The number of hydrogen-bond acceptors (Lipinski definition) is 8. The number of aromatic nitrogens is 2. The molecule has 224 valence electrons. The van der Waals surface area contributed by atoms with E-state index in [1.807, 2.05) is 20.8 Å². The Labute approximate surface area is 244 Å². The van der Waals surface area contributed by atoms with Gasteiger partial charge in [-0.2, -0.15) is 0 Å². The molecule has 3 aromatic rings. The lowest BCUT2D eigenvalue weighted by atomic mass is 9.85. The summed E-state index contributed by atoms with van der Waals surface area (Å²) < 4.78 is 19.9. The Balaban J connectivity index is 1.60. The normalized spacial score (nSPS) is 16.5. The van der Waals surface area contributed by atoms with Crippen molar-refractivity contribution in [3.63, 3.8) is 0 Å². The van der Waals surface area contributed by atoms with Gasteiger partial charge in [-0.05, 0) is 50.4 Å². The summed E-state index contributed by atoms with van der Waals surface area (Å²) in [6.45, 7) is 7.73. The van der Waals surface area contributed by atoms with Crippen molar-refractivity contribution in [2.75, 3.05) is 31.3 Å². The van der Waals surface area contributed by atoms with Crippen LogP contribution in [-0.4, -0.2) is 71.4 Å². The van der Waals surface area contributed by atoms with Gasteiger partial charge in [0, 0.05) is 18.0 Å². The quantitative estimate of drug-likeness (QED) is 0.302. The van der Waals surface area contributed by atoms with Crippen molar-refractivity contribution in [1.82, 2.24) is 25.5 Å². The summed E-state index contributed by atoms with van der Waals surface area (Å²) in [6.07, 6.45) is 2.46. The van der Waals surface area contributed by atoms with Gasteiger partial charge in [-0.15, -0.1) is 0 Å². The number of hydrogen-bond donors (Lipinski definition) is 4. The highest BCUT2D eigenvalue weighted by atomic mass is 19.1. The van der Waals surface area contributed by atoms with Crippen LogP contribution in [0.5, 0.6) is 5.75 Å². The van der Waals surface area contributed by atoms with Crippen molar-refractivity contribution < 1.29 is 23.5 Å². The Morgan fingerprint density at radius 1 is 1.12 bits per heavy atom. The van der Waals surface area contributed by atoms with E-state index in [0.29, 0.717) is 47.5 Å². The monoisotopic (exact) mass is 579 g/mol. The Bertz CT molecular complexity index is 1480. The van der Waals surface area contributed by atoms with Crippen LogP contribution in [-0.2, 0) is 14.4 Å². The number of halogens is 1. The fraction of sp³-hybridized carbons (Fsp3) is 0.433. The van der Waals surface area contributed by atoms with E-state index in [2.05, 4.69) is 31.2 Å². The van der Waals surface area contributed by atoms with Gasteiger partial charge in [-0.1, -0.05) is 32.9 Å². The molecule has 42 heavy (non-hydrogen) atoms. The molecule has 3 atom stereocenters. The van der Waals surface area contributed by atoms with E-state index < -0.39 is 29.4 Å². The molecule has 1 aliphatic heterocycles. The number of benzene rings is 2. The summed E-state index contributed by atoms with van der Waals surface area (Å²) in [5.41, 5.74) is 0.524. The first-order valence-electron chi connectivity index (χ1n) is 13.9. The molecule has 0 radical (unpaired) electrons. The smallest absolute Gasteiger partial charge is 0.247 e. The number of amides is 3. The molecule has 0 bridgehead atoms. The predicted octanol–water partition coefficient (Wildman–Crippen LogP) is 3.59. The number of likely N-dealkylation sites (tertiary alicyclic amines) is 1. The molecular formula is C30H38FN7O4. The Morgan fingerprint density at radius 3 is 2.52 bits per heavy atom. The van der Waals surface area contributed by atoms with Crippen LogP contribution in [0.15, 0.2) is 42.7 Å². The zero-order valence-corrected chi connectivity index (χ0v) is 24.7. The molecule has 3 unspecified atom stereocenters. The largest absolute Gasteiger partial charge is 0.494 e. The third kappa shape index (κ3) is 6.59. The maximum atomic E-state index is 14.3. The minimum absolute atomic E-state index is 0.239. The molecule has 4 N–H and O–H groups in total. The van der Waals surface area contributed by atoms with Gasteiger partial charge in [0.05, 0.1) is 30.0 Å². The average Bonchev–Trinajstić information content (AvgIpc) is 3.46. The zero-order valence-electron chi connectivity index (χ0n) is 24.7. The molecule has 2 heterocycles. The fourth-order valence-corrected chi connectivity index (χ4v) is 4.87. The molecule has 1 saturated heterocycles. The number of fused-ring (bicyclic) bond motifs is 1. The maximum Gasteiger partial charge on any atom is 0.247 e. The third-order valence-electron chi connectivity index (χ3n) is 7.41. The summed E-state index contributed by atoms with van der Waals surface area (Å²) in [4.78, 5) is 50.2. The van der Waals surface area contributed by atoms with Crippen LogP contribution in [0.1, 0.15) is 40.5 Å². The van der Waals surface area contributed by atoms with E-state index in [1.54, 1.807) is 44.3 Å². The Kier molecular flexibility index (Phi) is 9.25. The number of carbonyl (C=O) groups is 3. The van der Waals surface area contributed by atoms with Gasteiger partial charge in [0.2, 0.25) is 17.7 Å². The molecule has 12 heteroatoms. The SMILES string of the molecule is CNC(C)C(=O)NC(C(=O)N1CCCC1C(=O)Nc1cc2c(Nc3ccccc3F)ncnc2cc1OC)C(C)(C)C. The standard InChI is InChI=1S/C30H38FN7O4/c1-17(32-5)27(39)37-25(30(2,3)4)29(41)38-13-9-12-23(38)28(40)36-22-14-18-21(15-24(22)42-6)33-16-34-26(18)35-20-11-8-7-10-19(20)31/h7-8,10-11,14-17,23,25,32H,9,12-13H2,1-6H3,(H,36,40)(H,37,39)(H,33,34,35). The van der Waals surface area contributed by atoms with Gasteiger partial charge in [0.15, 0.2) is 0 Å². The molecule has 0 saturated carbocycles. The molecule has 1 fully saturated rings. The highest BCUT2D eigenvalue weighted by Crippen LogP contribution is 2.34. The van der Waals surface area contributed by atoms with Crippen LogP contribution in [0.3, 0.4) is 0 Å². The predicted molar refractivity (Wildman–Crippen MR) is 159 cm³/mol. The highest BCUT2D eigenvalue weighted by Gasteiger charge is 2.42. The van der Waals surface area contributed by atoms with Crippen molar-refractivity contribution >= 4 is 45.8 Å². The van der Waals surface area contributed by atoms with Gasteiger partial charge in [0.25, 0.3) is 0 Å². The van der Waals surface area contributed by atoms with Crippen LogP contribution in [0, 0.1) is 11.2 Å². The average molecular weight is 580 g/mol. The highest BCUT2D eigenvalue weighted by molar-refractivity contribution is 6.03. The summed E-state index contributed by atoms with van der Waals surface area (Å²) in [6, 6.07) is 7.49. The van der Waals surface area contributed by atoms with E-state index in [9.17, 15) is 18.8 Å². The van der Waals surface area contributed by atoms with Crippen molar-refractivity contribution in [3.05, 3.63) is 48.5 Å². The van der Waals surface area contributed by atoms with Crippen LogP contribution < -0.4 is 26.0 Å². The van der Waals surface area contributed by atoms with Gasteiger partial charge in [-0.3, -0.25) is 14.4 Å². The Morgan fingerprint density at radius 2 is 1.86 bits per heavy atom. The minimum atomic E-state index is -0.825. The lowest BCUT2D eigenvalue weighted by Crippen LogP contribution is -2.59. The zero-order chi connectivity index (χ0) is 30.6. The number of anilines is 3. The van der Waals surface area contributed by atoms with Crippen LogP contribution in [0.25, 0.3) is 10.9 Å². The summed E-state index contributed by atoms with van der Waals surface area (Å²) in [5.74, 6) is -0.728. The number of methoxy groups -OCH3 is 1. The molecule has 0 spiro atoms. The third-order valence-corrected chi connectivity index (χ3v) is 7.41. The van der Waals surface area contributed by atoms with E-state index in [-0.39, 0.29) is 23.4 Å². The summed E-state index contributed by atoms with van der Waals surface area (Å²) in [5, 5.41) is 12.2. The number of nitrogens with zero attached hydrogens (tertiary/aromatic N) is 3. The van der Waals surface area contributed by atoms with E-state index >= 15 is 0 Å². The van der Waals surface area contributed by atoms with Crippen molar-refractivity contribution in [2.45, 2.75) is 58.7 Å². The van der Waals surface area contributed by atoms with Gasteiger partial charge >= 0.3 is 0 Å². The minimum Gasteiger partial charge on any atom is -0.494 e. The molecule has 11 nitrogen and oxygen atoms in total. The first-order chi connectivity index (χ1) is 19.9. The number of para-hydroxylation sites is 1. The molecule has 4 rings (SSSR count). The second-order valence-corrected chi connectivity index (χ2v) is 11.4. The number of likely N-dealkylation sites (N-methyl/N-ethyl adjacent to an activating group) is 1. The van der Waals surface area contributed by atoms with Crippen molar-refractivity contribution in [1.29, 1.82) is 0 Å². The van der Waals surface area contributed by atoms with Crippen molar-refractivity contribution in [3.8, 4) is 5.75 Å². The first kappa shape index (κ1) is 30.6. The molecule has 1 aliphatic rings. The fourth-order valence-electron chi connectivity index (χ4n) is 4.87. The summed E-state index contributed by atoms with van der Waals surface area (Å²) >= 11 is 0. The number of carbonyl (C=O) groups excluding carboxylic acids is 3. The molecule has 2 aromatic carbocycles. The van der Waals surface area contributed by atoms with Gasteiger partial charge in [-0.25, -0.2) is 14.4 Å². The van der Waals surface area contributed by atoms with Gasteiger partial charge < -0.3 is 30.9 Å². The van der Waals surface area contributed by atoms with E-state index in [0.717, 1.165) is 0 Å². The number of nitrogens with one attached hydrogen (secondary N) is 4. The first-order valence-corrected chi connectivity index (χ1v) is 13.9. The number of rotatable bonds is 9. The molecule has 0 aliphatic carbocycles. The van der Waals surface area contributed by atoms with Crippen LogP contribution in [0.2, 0.25) is 0 Å². The topological polar surface area (TPSA) is 138 Å². The maximum absolute atomic E-state index is 14.3. The second kappa shape index (κ2) is 12.7. The Hall–Kier alpha value is -4.32. The molecule has 1 aromatic heterocycles. The number of ether oxygens (including phenoxy) is 1. The molecule has 3 amide bonds. The lowest BCUT2D eigenvalue weighted by Gasteiger charge is -2.36. The molecular weight excluding hydrogens is 541 g/mol. The van der Waals surface area contributed by atoms with Gasteiger partial charge in [0.1, 0.15) is 35.8 Å². The van der Waals surface area contributed by atoms with E-state index in [1.165, 1.54) is 24.4 Å². The lowest BCUT2D eigenvalue weighted by molar-refractivity contribution is -0.143. The van der Waals surface area contributed by atoms with E-state index in [4.69, 9.17) is 4.74 Å². The second-order valence-electron chi connectivity index (χ2n) is 11.4. The summed E-state index contributed by atoms with van der Waals surface area (Å²) in [7, 11) is 3.15. The van der Waals surface area contributed by atoms with Crippen LogP contribution >= 0.6 is 0 Å².